The van der Waals surface area contributed by atoms with E-state index in [4.69, 9.17) is 14.2 Å². The van der Waals surface area contributed by atoms with Gasteiger partial charge in [-0.3, -0.25) is 19.2 Å². The van der Waals surface area contributed by atoms with Crippen LogP contribution in [-0.2, 0) is 33.4 Å². The molecular weight excluding hydrogens is 1400 g/mol. The van der Waals surface area contributed by atoms with E-state index in [2.05, 4.69) is 6.92 Å². The first-order chi connectivity index (χ1) is 50.5. The van der Waals surface area contributed by atoms with Crippen molar-refractivity contribution in [3.63, 3.8) is 0 Å². The van der Waals surface area contributed by atoms with Crippen LogP contribution in [0.3, 0.4) is 0 Å². The van der Waals surface area contributed by atoms with E-state index in [1.807, 2.05) is 13.0 Å². The smallest absolute Gasteiger partial charge is 0.311 e. The minimum atomic E-state index is -2.25. The van der Waals surface area contributed by atoms with Crippen LogP contribution >= 0.6 is 11.8 Å². The van der Waals surface area contributed by atoms with Gasteiger partial charge in [0.1, 0.15) is 11.9 Å². The van der Waals surface area contributed by atoms with Gasteiger partial charge in [-0.05, 0) is 126 Å². The average molecular weight is 1530 g/mol. The second kappa shape index (κ2) is 50.9. The van der Waals surface area contributed by atoms with Crippen LogP contribution in [0.5, 0.6) is 0 Å². The third-order valence-electron chi connectivity index (χ3n) is 20.8. The zero-order chi connectivity index (χ0) is 80.1. The van der Waals surface area contributed by atoms with Crippen molar-refractivity contribution in [2.24, 2.45) is 41.4 Å². The van der Waals surface area contributed by atoms with Gasteiger partial charge in [-0.15, -0.1) is 11.8 Å². The number of hydrogen-bond acceptors (Lipinski definition) is 24. The van der Waals surface area contributed by atoms with Gasteiger partial charge in [-0.2, -0.15) is 0 Å². The first-order valence-corrected chi connectivity index (χ1v) is 39.7. The SMILES string of the molecule is COC(CCC(C)/C=C/C=C/C1CC(O)CC(O)CCCCC(C)CCC(O)CC(O)C/C=C/C=C/C=C/C(O)CC(=O)CC(O)C/C=C/C=C\C(O)CC(O)CC(O)CCC(C)C(O)CC(O)C(C)C(O)/C(C)=C/C=C/C(C)C(O)C(C)C2OC(O)(CC(=O)O1)CC(O)C2C)C1=C(SC)C(=O)C=C(O)C1=O. The van der Waals surface area contributed by atoms with Crippen LogP contribution in [0, 0.1) is 41.4 Å². The number of thioether (sulfide) groups is 1. The molecule has 608 valence electrons. The monoisotopic (exact) mass is 1530 g/mol. The molecule has 23 nitrogen and oxygen atoms in total. The van der Waals surface area contributed by atoms with Gasteiger partial charge in [-0.1, -0.05) is 165 Å². The van der Waals surface area contributed by atoms with Gasteiger partial charge in [0.25, 0.3) is 0 Å². The van der Waals surface area contributed by atoms with Gasteiger partial charge in [0, 0.05) is 74.5 Å². The van der Waals surface area contributed by atoms with E-state index in [9.17, 15) is 101 Å². The summed E-state index contributed by atoms with van der Waals surface area (Å²) in [5.74, 6) is -8.18. The van der Waals surface area contributed by atoms with Crippen molar-refractivity contribution in [1.29, 1.82) is 0 Å². The summed E-state index contributed by atoms with van der Waals surface area (Å²) in [6, 6.07) is 0. The molecule has 24 heteroatoms. The number of fused-ring (bicyclic) bond motifs is 2. The van der Waals surface area contributed by atoms with Gasteiger partial charge >= 0.3 is 5.97 Å². The highest BCUT2D eigenvalue weighted by Gasteiger charge is 2.49. The highest BCUT2D eigenvalue weighted by atomic mass is 32.2. The highest BCUT2D eigenvalue weighted by molar-refractivity contribution is 8.03. The number of aliphatic hydroxyl groups is 16. The summed E-state index contributed by atoms with van der Waals surface area (Å²) in [5.41, 5.74) is 0.579. The summed E-state index contributed by atoms with van der Waals surface area (Å²) in [6.07, 6.45) is 17.2. The summed E-state index contributed by atoms with van der Waals surface area (Å²) in [7, 11) is 1.42. The van der Waals surface area contributed by atoms with Crippen LogP contribution in [0.15, 0.2) is 131 Å². The van der Waals surface area contributed by atoms with Gasteiger partial charge in [0.05, 0.1) is 109 Å². The second-order valence-corrected chi connectivity index (χ2v) is 31.4. The number of ether oxygens (including phenoxy) is 3. The summed E-state index contributed by atoms with van der Waals surface area (Å²) in [4.78, 5) is 52.4. The van der Waals surface area contributed by atoms with E-state index in [1.54, 1.807) is 127 Å². The maximum atomic E-state index is 14.0. The van der Waals surface area contributed by atoms with Crippen LogP contribution in [0.2, 0.25) is 0 Å². The molecule has 1 saturated heterocycles. The molecule has 2 aliphatic heterocycles. The number of carbonyl (C=O) groups is 4. The van der Waals surface area contributed by atoms with Crippen molar-refractivity contribution in [3.8, 4) is 0 Å². The number of carbonyl (C=O) groups excluding carboxylic acids is 4. The van der Waals surface area contributed by atoms with Crippen LogP contribution in [0.25, 0.3) is 0 Å². The topological polar surface area (TPSA) is 420 Å². The minimum Gasteiger partial charge on any atom is -0.504 e. The Hall–Kier alpha value is -4.91. The Balaban J connectivity index is 1.80. The van der Waals surface area contributed by atoms with Crippen molar-refractivity contribution in [2.75, 3.05) is 13.4 Å². The molecule has 0 radical (unpaired) electrons. The normalized spacial score (nSPS) is 38.8. The lowest BCUT2D eigenvalue weighted by atomic mass is 9.78. The minimum absolute atomic E-state index is 0.0386. The lowest BCUT2D eigenvalue weighted by molar-refractivity contribution is -0.302. The zero-order valence-electron chi connectivity index (χ0n) is 64.7. The van der Waals surface area contributed by atoms with E-state index >= 15 is 0 Å². The quantitative estimate of drug-likeness (QED) is 0.0586. The molecule has 0 aromatic heterocycles. The van der Waals surface area contributed by atoms with Gasteiger partial charge < -0.3 is 95.9 Å². The van der Waals surface area contributed by atoms with Crippen LogP contribution in [0.1, 0.15) is 197 Å². The predicted octanol–water partition coefficient (Wildman–Crippen LogP) is 8.28. The standard InChI is InChI=1S/C83H132O23S/c1-51-24-19-21-32-63(88)44-68(93)46-69(33-22-20-25-52(2)35-39-75(104-9)77-80(102)72(96)48-73(97)82(77)107-10)105-76(99)50-83(103)49-74(98)57(7)81(106-83)58(8)79(101)55(5)27-23-26-54(4)78(100)56(6)71(95)47-70(94)53(3)36-38-65(90)45-67(92)43-62(87)31-18-14-17-30-61(86)42-66(91)41-60(85)29-16-13-11-12-15-28-59(84)40-64(89)37-34-51/h11-18,20,22-23,25-27,29,31,33,48,51-53,55-65,67-71,74-75,78-79,81,84-90,92-96,98,100-101,103H,19,21,24,28,30,32,34-47,49-50H2,1-10H3/b13-11+,15-12+,17-14+,25-20+,27-23+,29-16+,31-18-,33-22+,54-26+. The van der Waals surface area contributed by atoms with Crippen LogP contribution < -0.4 is 0 Å². The largest absolute Gasteiger partial charge is 0.504 e. The third-order valence-corrected chi connectivity index (χ3v) is 21.6. The number of allylic oxidation sites excluding steroid dienone is 14. The number of esters is 1. The Bertz CT molecular complexity index is 2990. The lowest BCUT2D eigenvalue weighted by Gasteiger charge is -2.46. The number of cyclic esters (lactones) is 1. The maximum absolute atomic E-state index is 14.0. The molecule has 25 unspecified atom stereocenters. The van der Waals surface area contributed by atoms with Gasteiger partial charge in [0.2, 0.25) is 5.78 Å². The van der Waals surface area contributed by atoms with Crippen LogP contribution in [-0.4, -0.2) is 228 Å². The number of ketones is 3. The average Bonchev–Trinajstić information content (AvgIpc) is 0.797. The zero-order valence-corrected chi connectivity index (χ0v) is 65.5. The number of hydrogen-bond donors (Lipinski definition) is 16. The summed E-state index contributed by atoms with van der Waals surface area (Å²) in [6.45, 7) is 14.2. The first-order valence-electron chi connectivity index (χ1n) is 38.5. The molecule has 1 aliphatic carbocycles. The Labute approximate surface area is 639 Å². The molecule has 2 bridgehead atoms. The molecule has 0 aromatic rings. The Kier molecular flexibility index (Phi) is 45.8. The second-order valence-electron chi connectivity index (χ2n) is 30.6. The number of Topliss-reactive ketones (excluding diaryl/α,β-unsaturated/α-hetero) is 2. The summed E-state index contributed by atoms with van der Waals surface area (Å²) >= 11 is 1.10. The summed E-state index contributed by atoms with van der Waals surface area (Å²) in [5, 5.41) is 175. The lowest BCUT2D eigenvalue weighted by Crippen LogP contribution is -2.55. The third kappa shape index (κ3) is 37.3. The van der Waals surface area contributed by atoms with E-state index in [0.29, 0.717) is 56.9 Å². The maximum Gasteiger partial charge on any atom is 0.311 e. The molecule has 3 rings (SSSR count). The number of rotatable bonds is 9. The molecule has 0 saturated carbocycles. The van der Waals surface area contributed by atoms with Gasteiger partial charge in [0.15, 0.2) is 17.3 Å². The van der Waals surface area contributed by atoms with Crippen molar-refractivity contribution >= 4 is 35.1 Å². The fourth-order valence-corrected chi connectivity index (χ4v) is 14.4. The van der Waals surface area contributed by atoms with E-state index in [-0.39, 0.29) is 105 Å². The Morgan fingerprint density at radius 1 is 0.607 bits per heavy atom. The number of methoxy groups -OCH3 is 1. The van der Waals surface area contributed by atoms with Crippen molar-refractivity contribution < 1.29 is 115 Å². The van der Waals surface area contributed by atoms with Crippen molar-refractivity contribution in [3.05, 3.63) is 131 Å². The molecule has 0 aromatic carbocycles. The molecule has 16 N–H and O–H groups in total. The molecule has 25 atom stereocenters. The van der Waals surface area contributed by atoms with Crippen molar-refractivity contribution in [1.82, 2.24) is 0 Å². The number of aliphatic hydroxyl groups excluding tert-OH is 15. The van der Waals surface area contributed by atoms with Gasteiger partial charge in [-0.25, -0.2) is 0 Å². The molecule has 0 spiro atoms. The van der Waals surface area contributed by atoms with E-state index in [0.717, 1.165) is 30.7 Å². The fraction of sp³-hybridized carbons (Fsp3) is 0.687. The highest BCUT2D eigenvalue weighted by Crippen LogP contribution is 2.40. The van der Waals surface area contributed by atoms with E-state index in [1.165, 1.54) is 25.3 Å². The fourth-order valence-electron chi connectivity index (χ4n) is 13.7. The van der Waals surface area contributed by atoms with Crippen LogP contribution in [0.4, 0.5) is 0 Å². The van der Waals surface area contributed by atoms with Crippen molar-refractivity contribution in [2.45, 2.75) is 306 Å². The molecule has 0 amide bonds. The molecular formula is C83H132O23S. The Morgan fingerprint density at radius 3 is 1.88 bits per heavy atom. The summed E-state index contributed by atoms with van der Waals surface area (Å²) < 4.78 is 17.8. The molecule has 1 fully saturated rings. The first kappa shape index (κ1) is 96.3. The Morgan fingerprint density at radius 2 is 1.21 bits per heavy atom. The molecule has 3 aliphatic rings. The van der Waals surface area contributed by atoms with E-state index < -0.39 is 163 Å². The molecule has 2 heterocycles. The predicted molar refractivity (Wildman–Crippen MR) is 413 cm³/mol. The molecule has 107 heavy (non-hydrogen) atoms.